The van der Waals surface area contributed by atoms with Crippen molar-refractivity contribution in [1.29, 1.82) is 0 Å². The van der Waals surface area contributed by atoms with Crippen molar-refractivity contribution in [1.82, 2.24) is 0 Å². The number of ketones is 1. The number of carboxylic acid groups (broad SMARTS) is 2. The SMILES string of the molecule is O=C(O)C(=O)O.[CH2-][C@@H]1CC(CCCCCC(=O)CO)CC[C@H]1[NH-].[Pt+2]. The van der Waals surface area contributed by atoms with Crippen molar-refractivity contribution in [3.8, 4) is 0 Å². The summed E-state index contributed by atoms with van der Waals surface area (Å²) in [7, 11) is 0. The molecule has 0 aromatic rings. The zero-order chi connectivity index (χ0) is 17.8. The van der Waals surface area contributed by atoms with Crippen LogP contribution in [-0.4, -0.2) is 45.7 Å². The van der Waals surface area contributed by atoms with Crippen LogP contribution in [0.15, 0.2) is 0 Å². The zero-order valence-electron chi connectivity index (χ0n) is 13.7. The predicted octanol–water partition coefficient (Wildman–Crippen LogP) is 2.32. The molecule has 0 bridgehead atoms. The molecule has 0 aromatic heterocycles. The van der Waals surface area contributed by atoms with Gasteiger partial charge < -0.3 is 28.0 Å². The molecule has 0 saturated heterocycles. The van der Waals surface area contributed by atoms with Gasteiger partial charge in [0, 0.05) is 6.42 Å². The molecule has 1 fully saturated rings. The molecule has 1 saturated carbocycles. The number of unbranched alkanes of at least 4 members (excludes halogenated alkanes) is 2. The molecule has 1 unspecified atom stereocenters. The van der Waals surface area contributed by atoms with E-state index in [0.29, 0.717) is 12.3 Å². The molecule has 7 nitrogen and oxygen atoms in total. The minimum Gasteiger partial charge on any atom is -0.677 e. The molecule has 8 heteroatoms. The molecular formula is C16H27NO6Pt. The molecule has 142 valence electrons. The number of nitrogens with one attached hydrogen (secondary N) is 1. The first-order valence-electron chi connectivity index (χ1n) is 7.90. The third-order valence-electron chi connectivity index (χ3n) is 4.02. The number of aliphatic carboxylic acids is 2. The van der Waals surface area contributed by atoms with Gasteiger partial charge in [0.1, 0.15) is 6.61 Å². The van der Waals surface area contributed by atoms with Crippen LogP contribution < -0.4 is 0 Å². The first kappa shape index (κ1) is 25.5. The van der Waals surface area contributed by atoms with Crippen LogP contribution in [0.25, 0.3) is 5.73 Å². The van der Waals surface area contributed by atoms with E-state index in [9.17, 15) is 4.79 Å². The second-order valence-electron chi connectivity index (χ2n) is 5.95. The van der Waals surface area contributed by atoms with Crippen LogP contribution in [0, 0.1) is 18.8 Å². The van der Waals surface area contributed by atoms with Gasteiger partial charge in [-0.2, -0.15) is 12.0 Å². The molecular weight excluding hydrogens is 497 g/mol. The number of carbonyl (C=O) groups excluding carboxylic acids is 1. The average Bonchev–Trinajstić information content (AvgIpc) is 2.50. The molecule has 0 radical (unpaired) electrons. The van der Waals surface area contributed by atoms with Gasteiger partial charge in [-0.3, -0.25) is 4.79 Å². The van der Waals surface area contributed by atoms with E-state index in [1.807, 2.05) is 0 Å². The van der Waals surface area contributed by atoms with Crippen molar-refractivity contribution >= 4 is 17.7 Å². The third-order valence-corrected chi connectivity index (χ3v) is 4.02. The fourth-order valence-corrected chi connectivity index (χ4v) is 2.63. The second kappa shape index (κ2) is 14.6. The van der Waals surface area contributed by atoms with Gasteiger partial charge in [-0.25, -0.2) is 9.59 Å². The van der Waals surface area contributed by atoms with E-state index < -0.39 is 11.9 Å². The van der Waals surface area contributed by atoms with Gasteiger partial charge in [0.15, 0.2) is 5.78 Å². The number of carboxylic acids is 2. The summed E-state index contributed by atoms with van der Waals surface area (Å²) in [6.45, 7) is 3.74. The van der Waals surface area contributed by atoms with Gasteiger partial charge in [0.25, 0.3) is 0 Å². The minimum atomic E-state index is -1.82. The Labute approximate surface area is 157 Å². The molecule has 1 aliphatic carbocycles. The standard InChI is InChI=1S/C14H25NO2.C2H2O4.Pt/c1-11-9-12(7-8-14(11)15)5-3-2-4-6-13(17)10-16;3-1(4)2(5)6;/h11-12,14-16H,1-10H2;(H,3,4)(H,5,6);/q-2;;+2/t11-,12?,14-;;/m1../s1. The van der Waals surface area contributed by atoms with Crippen molar-refractivity contribution in [3.05, 3.63) is 12.7 Å². The van der Waals surface area contributed by atoms with E-state index in [0.717, 1.165) is 31.6 Å². The van der Waals surface area contributed by atoms with Crippen molar-refractivity contribution in [2.75, 3.05) is 6.61 Å². The van der Waals surface area contributed by atoms with Crippen LogP contribution in [0.4, 0.5) is 0 Å². The van der Waals surface area contributed by atoms with E-state index >= 15 is 0 Å². The van der Waals surface area contributed by atoms with Gasteiger partial charge in [0.05, 0.1) is 0 Å². The van der Waals surface area contributed by atoms with Crippen molar-refractivity contribution in [2.24, 2.45) is 11.8 Å². The third kappa shape index (κ3) is 12.6. The van der Waals surface area contributed by atoms with Gasteiger partial charge in [-0.15, -0.1) is 0 Å². The zero-order valence-corrected chi connectivity index (χ0v) is 16.0. The molecule has 1 rings (SSSR count). The summed E-state index contributed by atoms with van der Waals surface area (Å²) < 4.78 is 0. The molecule has 0 heterocycles. The Kier molecular flexibility index (Phi) is 15.4. The summed E-state index contributed by atoms with van der Waals surface area (Å²) >= 11 is 0. The largest absolute Gasteiger partial charge is 2.00 e. The molecule has 1 aliphatic rings. The number of aliphatic hydroxyl groups excluding tert-OH is 1. The van der Waals surface area contributed by atoms with Crippen molar-refractivity contribution in [2.45, 2.75) is 57.4 Å². The van der Waals surface area contributed by atoms with E-state index in [4.69, 9.17) is 30.6 Å². The number of aliphatic hydroxyl groups is 1. The average molecular weight is 524 g/mol. The summed E-state index contributed by atoms with van der Waals surface area (Å²) in [6.07, 6.45) is 8.16. The van der Waals surface area contributed by atoms with Crippen LogP contribution in [-0.2, 0) is 35.4 Å². The Morgan fingerprint density at radius 3 is 2.08 bits per heavy atom. The number of rotatable bonds is 7. The van der Waals surface area contributed by atoms with Crippen molar-refractivity contribution in [3.63, 3.8) is 0 Å². The Morgan fingerprint density at radius 2 is 1.62 bits per heavy atom. The first-order chi connectivity index (χ1) is 10.8. The summed E-state index contributed by atoms with van der Waals surface area (Å²) in [6, 6.07) is 0.0495. The fourth-order valence-electron chi connectivity index (χ4n) is 2.63. The Balaban J connectivity index is 0. The molecule has 0 spiro atoms. The second-order valence-corrected chi connectivity index (χ2v) is 5.95. The van der Waals surface area contributed by atoms with Gasteiger partial charge >= 0.3 is 33.0 Å². The molecule has 0 aromatic carbocycles. The topological polar surface area (TPSA) is 136 Å². The van der Waals surface area contributed by atoms with Crippen LogP contribution in [0.5, 0.6) is 0 Å². The van der Waals surface area contributed by atoms with Crippen molar-refractivity contribution < 1.29 is 50.8 Å². The Bertz CT molecular complexity index is 379. The number of hydrogen-bond donors (Lipinski definition) is 3. The monoisotopic (exact) mass is 524 g/mol. The maximum absolute atomic E-state index is 10.9. The van der Waals surface area contributed by atoms with Crippen LogP contribution in [0.3, 0.4) is 0 Å². The van der Waals surface area contributed by atoms with E-state index in [2.05, 4.69) is 6.92 Å². The number of carbonyl (C=O) groups is 3. The summed E-state index contributed by atoms with van der Waals surface area (Å²) in [5.74, 6) is -2.64. The summed E-state index contributed by atoms with van der Waals surface area (Å²) in [5.41, 5.74) is 7.76. The molecule has 3 atom stereocenters. The van der Waals surface area contributed by atoms with Crippen LogP contribution in [0.2, 0.25) is 0 Å². The molecule has 24 heavy (non-hydrogen) atoms. The molecule has 0 amide bonds. The van der Waals surface area contributed by atoms with E-state index in [-0.39, 0.29) is 39.5 Å². The smallest absolute Gasteiger partial charge is 0.677 e. The quantitative estimate of drug-likeness (QED) is 0.266. The Morgan fingerprint density at radius 1 is 1.04 bits per heavy atom. The van der Waals surface area contributed by atoms with Gasteiger partial charge in [-0.1, -0.05) is 38.5 Å². The number of Topliss-reactive ketones (excluding diaryl/α,β-unsaturated/α-hetero) is 1. The van der Waals surface area contributed by atoms with E-state index in [1.54, 1.807) is 0 Å². The molecule has 4 N–H and O–H groups in total. The Hall–Kier alpha value is -0.782. The summed E-state index contributed by atoms with van der Waals surface area (Å²) in [5, 5.41) is 23.4. The van der Waals surface area contributed by atoms with Crippen LogP contribution >= 0.6 is 0 Å². The maximum atomic E-state index is 10.9. The predicted molar refractivity (Wildman–Crippen MR) is 84.7 cm³/mol. The van der Waals surface area contributed by atoms with Crippen LogP contribution in [0.1, 0.15) is 51.4 Å². The molecule has 0 aliphatic heterocycles. The summed E-state index contributed by atoms with van der Waals surface area (Å²) in [4.78, 5) is 29.1. The van der Waals surface area contributed by atoms with Gasteiger partial charge in [-0.05, 0) is 12.3 Å². The van der Waals surface area contributed by atoms with E-state index in [1.165, 1.54) is 19.3 Å². The normalized spacial score (nSPS) is 22.5. The number of hydrogen-bond acceptors (Lipinski definition) is 4. The minimum absolute atomic E-state index is 0. The fraction of sp³-hybridized carbons (Fsp3) is 0.750. The van der Waals surface area contributed by atoms with Gasteiger partial charge in [0.2, 0.25) is 0 Å². The maximum Gasteiger partial charge on any atom is 2.00 e. The first-order valence-corrected chi connectivity index (χ1v) is 7.90.